The molecule has 6 nitrogen and oxygen atoms in total. The van der Waals surface area contributed by atoms with Gasteiger partial charge in [0, 0.05) is 26.0 Å². The van der Waals surface area contributed by atoms with E-state index in [-0.39, 0.29) is 5.91 Å². The van der Waals surface area contributed by atoms with Crippen LogP contribution in [-0.4, -0.2) is 27.2 Å². The monoisotopic (exact) mass is 273 g/mol. The Morgan fingerprint density at radius 2 is 2.10 bits per heavy atom. The summed E-state index contributed by atoms with van der Waals surface area (Å²) in [6, 6.07) is 3.86. The summed E-state index contributed by atoms with van der Waals surface area (Å²) in [6.45, 7) is 2.51. The van der Waals surface area contributed by atoms with E-state index in [4.69, 9.17) is 5.73 Å². The maximum atomic E-state index is 12.1. The highest BCUT2D eigenvalue weighted by Crippen LogP contribution is 2.16. The number of carbonyl (C=O) groups is 1. The number of anilines is 1. The number of rotatable bonds is 5. The van der Waals surface area contributed by atoms with Gasteiger partial charge in [0.2, 0.25) is 0 Å². The van der Waals surface area contributed by atoms with Crippen molar-refractivity contribution in [3.63, 3.8) is 0 Å². The summed E-state index contributed by atoms with van der Waals surface area (Å²) in [7, 11) is 1.73. The van der Waals surface area contributed by atoms with Crippen molar-refractivity contribution in [2.75, 3.05) is 12.3 Å². The molecule has 3 N–H and O–H groups in total. The molecule has 0 aliphatic carbocycles. The molecule has 0 fully saturated rings. The lowest BCUT2D eigenvalue weighted by Gasteiger charge is -2.06. The minimum Gasteiger partial charge on any atom is -0.395 e. The zero-order valence-electron chi connectivity index (χ0n) is 11.8. The van der Waals surface area contributed by atoms with Crippen molar-refractivity contribution >= 4 is 11.6 Å². The molecule has 0 aromatic carbocycles. The van der Waals surface area contributed by atoms with Gasteiger partial charge in [-0.1, -0.05) is 6.92 Å². The summed E-state index contributed by atoms with van der Waals surface area (Å²) in [5.74, 6) is -0.189. The highest BCUT2D eigenvalue weighted by atomic mass is 16.2. The topological polar surface area (TPSA) is 85.8 Å². The summed E-state index contributed by atoms with van der Waals surface area (Å²) in [6.07, 6.45) is 4.95. The fourth-order valence-electron chi connectivity index (χ4n) is 2.08. The van der Waals surface area contributed by atoms with Gasteiger partial charge in [0.1, 0.15) is 5.69 Å². The van der Waals surface area contributed by atoms with Crippen molar-refractivity contribution in [3.05, 3.63) is 41.5 Å². The third kappa shape index (κ3) is 2.96. The van der Waals surface area contributed by atoms with Crippen molar-refractivity contribution in [2.45, 2.75) is 19.8 Å². The van der Waals surface area contributed by atoms with E-state index in [0.29, 0.717) is 24.3 Å². The Morgan fingerprint density at radius 1 is 1.40 bits per heavy atom. The van der Waals surface area contributed by atoms with E-state index < -0.39 is 0 Å². The first-order valence-electron chi connectivity index (χ1n) is 6.62. The average molecular weight is 273 g/mol. The SMILES string of the molecule is CCc1nn(C)c(C(=O)NCCc2ccncc2)c1N. The maximum Gasteiger partial charge on any atom is 0.271 e. The molecule has 0 saturated heterocycles. The van der Waals surface area contributed by atoms with Crippen LogP contribution in [0.3, 0.4) is 0 Å². The highest BCUT2D eigenvalue weighted by Gasteiger charge is 2.18. The quantitative estimate of drug-likeness (QED) is 0.848. The van der Waals surface area contributed by atoms with E-state index in [2.05, 4.69) is 15.4 Å². The third-order valence-electron chi connectivity index (χ3n) is 3.16. The zero-order chi connectivity index (χ0) is 14.5. The lowest BCUT2D eigenvalue weighted by atomic mass is 10.2. The first-order chi connectivity index (χ1) is 9.63. The van der Waals surface area contributed by atoms with E-state index in [1.807, 2.05) is 19.1 Å². The van der Waals surface area contributed by atoms with E-state index in [1.165, 1.54) is 4.68 Å². The van der Waals surface area contributed by atoms with Crippen LogP contribution < -0.4 is 11.1 Å². The van der Waals surface area contributed by atoms with E-state index in [9.17, 15) is 4.79 Å². The van der Waals surface area contributed by atoms with Crippen LogP contribution in [0.25, 0.3) is 0 Å². The van der Waals surface area contributed by atoms with Crippen LogP contribution in [0.4, 0.5) is 5.69 Å². The second-order valence-corrected chi connectivity index (χ2v) is 4.55. The largest absolute Gasteiger partial charge is 0.395 e. The molecule has 2 heterocycles. The van der Waals surface area contributed by atoms with E-state index in [1.54, 1.807) is 19.4 Å². The Bertz CT molecular complexity index is 591. The first-order valence-corrected chi connectivity index (χ1v) is 6.62. The van der Waals surface area contributed by atoms with Gasteiger partial charge in [0.25, 0.3) is 5.91 Å². The molecule has 2 aromatic rings. The molecule has 0 spiro atoms. The van der Waals surface area contributed by atoms with Gasteiger partial charge in [-0.3, -0.25) is 14.5 Å². The van der Waals surface area contributed by atoms with Gasteiger partial charge >= 0.3 is 0 Å². The molecule has 0 radical (unpaired) electrons. The smallest absolute Gasteiger partial charge is 0.271 e. The van der Waals surface area contributed by atoms with Crippen molar-refractivity contribution in [1.82, 2.24) is 20.1 Å². The van der Waals surface area contributed by atoms with Gasteiger partial charge < -0.3 is 11.1 Å². The first kappa shape index (κ1) is 14.0. The number of pyridine rings is 1. The van der Waals surface area contributed by atoms with Crippen molar-refractivity contribution in [2.24, 2.45) is 7.05 Å². The number of hydrogen-bond donors (Lipinski definition) is 2. The van der Waals surface area contributed by atoms with Gasteiger partial charge in [-0.05, 0) is 30.5 Å². The number of nitrogens with two attached hydrogens (primary N) is 1. The molecule has 20 heavy (non-hydrogen) atoms. The molecule has 0 saturated carbocycles. The van der Waals surface area contributed by atoms with Crippen LogP contribution in [-0.2, 0) is 19.9 Å². The molecule has 0 aliphatic heterocycles. The number of nitrogens with zero attached hydrogens (tertiary/aromatic N) is 3. The van der Waals surface area contributed by atoms with Crippen LogP contribution >= 0.6 is 0 Å². The fourth-order valence-corrected chi connectivity index (χ4v) is 2.08. The Balaban J connectivity index is 1.97. The van der Waals surface area contributed by atoms with Gasteiger partial charge in [0.05, 0.1) is 11.4 Å². The highest BCUT2D eigenvalue weighted by molar-refractivity contribution is 5.97. The number of aryl methyl sites for hydroxylation is 2. The number of nitrogens with one attached hydrogen (secondary N) is 1. The second-order valence-electron chi connectivity index (χ2n) is 4.55. The van der Waals surface area contributed by atoms with Gasteiger partial charge in [0.15, 0.2) is 0 Å². The molecule has 0 aliphatic rings. The van der Waals surface area contributed by atoms with Crippen molar-refractivity contribution in [3.8, 4) is 0 Å². The molecule has 0 unspecified atom stereocenters. The second kappa shape index (κ2) is 6.18. The molecular formula is C14H19N5O. The third-order valence-corrected chi connectivity index (χ3v) is 3.16. The fraction of sp³-hybridized carbons (Fsp3) is 0.357. The van der Waals surface area contributed by atoms with E-state index >= 15 is 0 Å². The number of amides is 1. The number of aromatic nitrogens is 3. The van der Waals surface area contributed by atoms with Crippen LogP contribution in [0.1, 0.15) is 28.7 Å². The molecule has 1 amide bonds. The summed E-state index contributed by atoms with van der Waals surface area (Å²) in [5, 5.41) is 7.10. The standard InChI is InChI=1S/C14H19N5O/c1-3-11-12(15)13(19(2)18-11)14(20)17-9-6-10-4-7-16-8-5-10/h4-5,7-8H,3,6,9,15H2,1-2H3,(H,17,20). The predicted molar refractivity (Wildman–Crippen MR) is 77.3 cm³/mol. The molecule has 0 bridgehead atoms. The summed E-state index contributed by atoms with van der Waals surface area (Å²) in [5.41, 5.74) is 8.73. The van der Waals surface area contributed by atoms with Crippen molar-refractivity contribution in [1.29, 1.82) is 0 Å². The Hall–Kier alpha value is -2.37. The van der Waals surface area contributed by atoms with Crippen LogP contribution in [0, 0.1) is 0 Å². The molecule has 6 heteroatoms. The van der Waals surface area contributed by atoms with Gasteiger partial charge in [-0.15, -0.1) is 0 Å². The minimum absolute atomic E-state index is 0.189. The number of hydrogen-bond acceptors (Lipinski definition) is 4. The van der Waals surface area contributed by atoms with Gasteiger partial charge in [-0.2, -0.15) is 5.10 Å². The minimum atomic E-state index is -0.189. The Labute approximate surface area is 118 Å². The van der Waals surface area contributed by atoms with Gasteiger partial charge in [-0.25, -0.2) is 0 Å². The Morgan fingerprint density at radius 3 is 2.70 bits per heavy atom. The summed E-state index contributed by atoms with van der Waals surface area (Å²) in [4.78, 5) is 16.1. The Kier molecular flexibility index (Phi) is 4.34. The van der Waals surface area contributed by atoms with Crippen LogP contribution in [0.5, 0.6) is 0 Å². The lowest BCUT2D eigenvalue weighted by molar-refractivity contribution is 0.0945. The average Bonchev–Trinajstić information content (AvgIpc) is 2.74. The predicted octanol–water partition coefficient (Wildman–Crippen LogP) is 0.932. The van der Waals surface area contributed by atoms with Crippen LogP contribution in [0.2, 0.25) is 0 Å². The molecule has 0 atom stereocenters. The normalized spacial score (nSPS) is 10.5. The molecule has 2 rings (SSSR count). The lowest BCUT2D eigenvalue weighted by Crippen LogP contribution is -2.28. The zero-order valence-corrected chi connectivity index (χ0v) is 11.8. The molecule has 2 aromatic heterocycles. The molecule has 106 valence electrons. The number of nitrogen functional groups attached to an aromatic ring is 1. The van der Waals surface area contributed by atoms with Crippen molar-refractivity contribution < 1.29 is 4.79 Å². The number of carbonyl (C=O) groups excluding carboxylic acids is 1. The van der Waals surface area contributed by atoms with E-state index in [0.717, 1.165) is 17.7 Å². The maximum absolute atomic E-state index is 12.1. The van der Waals surface area contributed by atoms with Crippen LogP contribution in [0.15, 0.2) is 24.5 Å². The summed E-state index contributed by atoms with van der Waals surface area (Å²) < 4.78 is 1.54. The summed E-state index contributed by atoms with van der Waals surface area (Å²) >= 11 is 0. The molecular weight excluding hydrogens is 254 g/mol.